The third kappa shape index (κ3) is 3.48. The molecular weight excluding hydrogens is 266 g/mol. The van der Waals surface area contributed by atoms with E-state index in [0.29, 0.717) is 17.9 Å². The monoisotopic (exact) mass is 283 g/mol. The summed E-state index contributed by atoms with van der Waals surface area (Å²) in [5, 5.41) is 12.6. The third-order valence-electron chi connectivity index (χ3n) is 3.44. The molecule has 1 heterocycles. The number of aryl methyl sites for hydroxylation is 2. The van der Waals surface area contributed by atoms with Gasteiger partial charge in [0.05, 0.1) is 23.7 Å². The number of hydrogen-bond acceptors (Lipinski definition) is 4. The maximum Gasteiger partial charge on any atom is 0.227 e. The highest BCUT2D eigenvalue weighted by Crippen LogP contribution is 2.14. The maximum absolute atomic E-state index is 12.2. The second kappa shape index (κ2) is 6.23. The predicted octanol–water partition coefficient (Wildman–Crippen LogP) is 2.36. The zero-order valence-corrected chi connectivity index (χ0v) is 12.4. The van der Waals surface area contributed by atoms with Gasteiger partial charge in [0.1, 0.15) is 5.76 Å². The van der Waals surface area contributed by atoms with E-state index >= 15 is 0 Å². The minimum Gasteiger partial charge on any atom is -0.361 e. The van der Waals surface area contributed by atoms with Gasteiger partial charge in [0.15, 0.2) is 0 Å². The molecule has 5 heteroatoms. The van der Waals surface area contributed by atoms with E-state index in [0.717, 1.165) is 16.8 Å². The van der Waals surface area contributed by atoms with E-state index in [9.17, 15) is 4.79 Å². The Morgan fingerprint density at radius 3 is 2.52 bits per heavy atom. The second-order valence-electron chi connectivity index (χ2n) is 5.04. The fraction of sp³-hybridized carbons (Fsp3) is 0.312. The van der Waals surface area contributed by atoms with Crippen LogP contribution in [0.1, 0.15) is 28.1 Å². The highest BCUT2D eigenvalue weighted by molar-refractivity contribution is 5.79. The fourth-order valence-corrected chi connectivity index (χ4v) is 2.09. The number of nitriles is 1. The number of benzene rings is 1. The number of aromatic nitrogens is 1. The topological polar surface area (TPSA) is 70.1 Å². The van der Waals surface area contributed by atoms with E-state index in [2.05, 4.69) is 11.2 Å². The molecule has 0 aliphatic carbocycles. The van der Waals surface area contributed by atoms with Crippen LogP contribution in [0.3, 0.4) is 0 Å². The molecule has 5 nitrogen and oxygen atoms in total. The predicted molar refractivity (Wildman–Crippen MR) is 77.3 cm³/mol. The van der Waals surface area contributed by atoms with E-state index in [-0.39, 0.29) is 12.3 Å². The Balaban J connectivity index is 2.01. The maximum atomic E-state index is 12.2. The van der Waals surface area contributed by atoms with Gasteiger partial charge in [-0.15, -0.1) is 0 Å². The zero-order valence-electron chi connectivity index (χ0n) is 12.4. The molecule has 0 fully saturated rings. The first-order chi connectivity index (χ1) is 10.0. The van der Waals surface area contributed by atoms with E-state index < -0.39 is 0 Å². The van der Waals surface area contributed by atoms with Crippen LogP contribution in [0, 0.1) is 25.2 Å². The number of amides is 1. The first kappa shape index (κ1) is 14.8. The Hall–Kier alpha value is -2.61. The van der Waals surface area contributed by atoms with E-state index in [1.54, 1.807) is 24.1 Å². The summed E-state index contributed by atoms with van der Waals surface area (Å²) in [7, 11) is 1.76. The summed E-state index contributed by atoms with van der Waals surface area (Å²) in [6, 6.07) is 9.30. The van der Waals surface area contributed by atoms with Gasteiger partial charge in [-0.2, -0.15) is 5.26 Å². The summed E-state index contributed by atoms with van der Waals surface area (Å²) in [5.41, 5.74) is 3.21. The number of hydrogen-bond donors (Lipinski definition) is 0. The Morgan fingerprint density at radius 1 is 1.33 bits per heavy atom. The van der Waals surface area contributed by atoms with Crippen molar-refractivity contribution in [3.8, 4) is 6.07 Å². The molecule has 0 spiro atoms. The third-order valence-corrected chi connectivity index (χ3v) is 3.44. The first-order valence-electron chi connectivity index (χ1n) is 6.66. The van der Waals surface area contributed by atoms with Crippen molar-refractivity contribution in [2.75, 3.05) is 7.05 Å². The van der Waals surface area contributed by atoms with E-state index in [1.807, 2.05) is 26.0 Å². The minimum absolute atomic E-state index is 0.00811. The molecule has 0 aliphatic rings. The van der Waals surface area contributed by atoms with E-state index in [1.165, 1.54) is 0 Å². The van der Waals surface area contributed by atoms with Crippen LogP contribution >= 0.6 is 0 Å². The molecular formula is C16H17N3O2. The second-order valence-corrected chi connectivity index (χ2v) is 5.04. The van der Waals surface area contributed by atoms with Crippen LogP contribution in [0.25, 0.3) is 0 Å². The van der Waals surface area contributed by atoms with Crippen molar-refractivity contribution in [3.05, 3.63) is 52.4 Å². The summed E-state index contributed by atoms with van der Waals surface area (Å²) >= 11 is 0. The van der Waals surface area contributed by atoms with Gasteiger partial charge < -0.3 is 9.42 Å². The molecule has 2 aromatic rings. The first-order valence-corrected chi connectivity index (χ1v) is 6.66. The summed E-state index contributed by atoms with van der Waals surface area (Å²) in [4.78, 5) is 13.9. The number of carbonyl (C=O) groups is 1. The summed E-state index contributed by atoms with van der Waals surface area (Å²) < 4.78 is 5.07. The summed E-state index contributed by atoms with van der Waals surface area (Å²) in [6.07, 6.45) is 0.286. The molecule has 0 saturated heterocycles. The number of likely N-dealkylation sites (N-methyl/N-ethyl adjacent to an activating group) is 1. The Bertz CT molecular complexity index is 661. The molecule has 0 unspecified atom stereocenters. The standard InChI is InChI=1S/C16H17N3O2/c1-11-15(12(2)21-18-11)8-16(20)19(3)10-14-6-4-13(9-17)5-7-14/h4-7H,8,10H2,1-3H3. The van der Waals surface area contributed by atoms with Crippen molar-refractivity contribution >= 4 is 5.91 Å². The van der Waals surface area contributed by atoms with Gasteiger partial charge in [0, 0.05) is 19.2 Å². The van der Waals surface area contributed by atoms with Crippen molar-refractivity contribution in [2.45, 2.75) is 26.8 Å². The van der Waals surface area contributed by atoms with Crippen LogP contribution < -0.4 is 0 Å². The van der Waals surface area contributed by atoms with Crippen LogP contribution in [0.2, 0.25) is 0 Å². The highest BCUT2D eigenvalue weighted by atomic mass is 16.5. The van der Waals surface area contributed by atoms with Crippen LogP contribution in [0.5, 0.6) is 0 Å². The smallest absolute Gasteiger partial charge is 0.227 e. The zero-order chi connectivity index (χ0) is 15.4. The summed E-state index contributed by atoms with van der Waals surface area (Å²) in [6.45, 7) is 4.15. The molecule has 1 aromatic heterocycles. The lowest BCUT2D eigenvalue weighted by Gasteiger charge is -2.17. The van der Waals surface area contributed by atoms with Crippen molar-refractivity contribution in [3.63, 3.8) is 0 Å². The quantitative estimate of drug-likeness (QED) is 0.863. The molecule has 2 rings (SSSR count). The Morgan fingerprint density at radius 2 is 2.00 bits per heavy atom. The Labute approximate surface area is 123 Å². The molecule has 21 heavy (non-hydrogen) atoms. The van der Waals surface area contributed by atoms with Crippen LogP contribution in [0.15, 0.2) is 28.8 Å². The lowest BCUT2D eigenvalue weighted by molar-refractivity contribution is -0.129. The van der Waals surface area contributed by atoms with Gasteiger partial charge in [0.2, 0.25) is 5.91 Å². The van der Waals surface area contributed by atoms with Crippen molar-refractivity contribution in [1.82, 2.24) is 10.1 Å². The largest absolute Gasteiger partial charge is 0.361 e. The van der Waals surface area contributed by atoms with Crippen molar-refractivity contribution in [1.29, 1.82) is 5.26 Å². The molecule has 1 amide bonds. The highest BCUT2D eigenvalue weighted by Gasteiger charge is 2.16. The minimum atomic E-state index is 0.00811. The fourth-order valence-electron chi connectivity index (χ4n) is 2.09. The molecule has 0 atom stereocenters. The number of nitrogens with zero attached hydrogens (tertiary/aromatic N) is 3. The van der Waals surface area contributed by atoms with Crippen LogP contribution in [-0.2, 0) is 17.8 Å². The van der Waals surface area contributed by atoms with Gasteiger partial charge in [-0.05, 0) is 31.5 Å². The van der Waals surface area contributed by atoms with Gasteiger partial charge in [-0.25, -0.2) is 0 Å². The van der Waals surface area contributed by atoms with Crippen molar-refractivity contribution < 1.29 is 9.32 Å². The Kier molecular flexibility index (Phi) is 4.39. The normalized spacial score (nSPS) is 10.2. The molecule has 0 bridgehead atoms. The van der Waals surface area contributed by atoms with Gasteiger partial charge in [-0.1, -0.05) is 17.3 Å². The van der Waals surface area contributed by atoms with Gasteiger partial charge in [0.25, 0.3) is 0 Å². The summed E-state index contributed by atoms with van der Waals surface area (Å²) in [5.74, 6) is 0.696. The lowest BCUT2D eigenvalue weighted by atomic mass is 10.1. The average molecular weight is 283 g/mol. The molecule has 108 valence electrons. The average Bonchev–Trinajstić information content (AvgIpc) is 2.79. The van der Waals surface area contributed by atoms with Crippen LogP contribution in [-0.4, -0.2) is 23.0 Å². The van der Waals surface area contributed by atoms with E-state index in [4.69, 9.17) is 9.78 Å². The van der Waals surface area contributed by atoms with Crippen LogP contribution in [0.4, 0.5) is 0 Å². The number of rotatable bonds is 4. The molecule has 0 radical (unpaired) electrons. The molecule has 0 N–H and O–H groups in total. The molecule has 1 aromatic carbocycles. The van der Waals surface area contributed by atoms with Gasteiger partial charge >= 0.3 is 0 Å². The molecule has 0 saturated carbocycles. The van der Waals surface area contributed by atoms with Gasteiger partial charge in [-0.3, -0.25) is 4.79 Å². The lowest BCUT2D eigenvalue weighted by Crippen LogP contribution is -2.28. The molecule has 0 aliphatic heterocycles. The van der Waals surface area contributed by atoms with Crippen molar-refractivity contribution in [2.24, 2.45) is 0 Å². The SMILES string of the molecule is Cc1noc(C)c1CC(=O)N(C)Cc1ccc(C#N)cc1. The number of carbonyl (C=O) groups excluding carboxylic acids is 1.